The highest BCUT2D eigenvalue weighted by molar-refractivity contribution is 6.31. The van der Waals surface area contributed by atoms with Crippen LogP contribution in [-0.2, 0) is 17.6 Å². The highest BCUT2D eigenvalue weighted by Gasteiger charge is 2.21. The molecular weight excluding hydrogens is 476 g/mol. The number of amides is 2. The summed E-state index contributed by atoms with van der Waals surface area (Å²) in [6.07, 6.45) is 4.27. The van der Waals surface area contributed by atoms with E-state index < -0.39 is 0 Å². The second-order valence-corrected chi connectivity index (χ2v) is 8.92. The maximum atomic E-state index is 12.8. The molecule has 0 saturated heterocycles. The van der Waals surface area contributed by atoms with E-state index in [-0.39, 0.29) is 18.2 Å². The fraction of sp³-hybridized carbons (Fsp3) is 0.148. The van der Waals surface area contributed by atoms with Crippen LogP contribution in [0.3, 0.4) is 0 Å². The summed E-state index contributed by atoms with van der Waals surface area (Å²) < 4.78 is 0. The van der Waals surface area contributed by atoms with Crippen LogP contribution in [0, 0.1) is 0 Å². The first-order chi connectivity index (χ1) is 17.5. The van der Waals surface area contributed by atoms with Crippen molar-refractivity contribution in [1.82, 2.24) is 19.9 Å². The summed E-state index contributed by atoms with van der Waals surface area (Å²) in [4.78, 5) is 40.1. The van der Waals surface area contributed by atoms with Crippen LogP contribution >= 0.6 is 11.6 Å². The molecule has 9 heteroatoms. The zero-order valence-electron chi connectivity index (χ0n) is 19.5. The summed E-state index contributed by atoms with van der Waals surface area (Å²) in [5.41, 5.74) is 5.06. The van der Waals surface area contributed by atoms with Crippen molar-refractivity contribution in [2.75, 3.05) is 24.2 Å². The first-order valence-electron chi connectivity index (χ1n) is 11.4. The zero-order chi connectivity index (χ0) is 25.1. The first kappa shape index (κ1) is 23.4. The second-order valence-electron chi connectivity index (χ2n) is 8.48. The molecular formula is C27H23ClN6O2. The number of benzene rings is 2. The molecule has 0 unspecified atom stereocenters. The van der Waals surface area contributed by atoms with Crippen molar-refractivity contribution in [3.63, 3.8) is 0 Å². The van der Waals surface area contributed by atoms with Crippen LogP contribution in [0.15, 0.2) is 73.1 Å². The maximum absolute atomic E-state index is 12.8. The molecule has 0 spiro atoms. The molecule has 2 aromatic carbocycles. The van der Waals surface area contributed by atoms with Gasteiger partial charge in [0.2, 0.25) is 11.9 Å². The van der Waals surface area contributed by atoms with Crippen LogP contribution < -0.4 is 10.6 Å². The summed E-state index contributed by atoms with van der Waals surface area (Å²) >= 11 is 6.12. The summed E-state index contributed by atoms with van der Waals surface area (Å²) in [6.45, 7) is 0.572. The number of anilines is 3. The Hall–Kier alpha value is -4.30. The summed E-state index contributed by atoms with van der Waals surface area (Å²) in [5.74, 6) is 0.175. The van der Waals surface area contributed by atoms with E-state index in [1.807, 2.05) is 36.4 Å². The van der Waals surface area contributed by atoms with Crippen LogP contribution in [0.25, 0.3) is 11.3 Å². The lowest BCUT2D eigenvalue weighted by Crippen LogP contribution is -2.28. The van der Waals surface area contributed by atoms with E-state index in [9.17, 15) is 9.59 Å². The zero-order valence-corrected chi connectivity index (χ0v) is 20.3. The van der Waals surface area contributed by atoms with E-state index in [0.29, 0.717) is 40.9 Å². The number of hydrogen-bond acceptors (Lipinski definition) is 6. The topological polar surface area (TPSA) is 100 Å². The fourth-order valence-corrected chi connectivity index (χ4v) is 4.17. The Morgan fingerprint density at radius 1 is 1.11 bits per heavy atom. The maximum Gasteiger partial charge on any atom is 0.253 e. The molecule has 8 nitrogen and oxygen atoms in total. The van der Waals surface area contributed by atoms with Crippen LogP contribution in [-0.4, -0.2) is 45.3 Å². The smallest absolute Gasteiger partial charge is 0.253 e. The number of hydrogen-bond donors (Lipinski definition) is 2. The van der Waals surface area contributed by atoms with Crippen LogP contribution in [0.2, 0.25) is 5.02 Å². The fourth-order valence-electron chi connectivity index (χ4n) is 4.00. The van der Waals surface area contributed by atoms with Gasteiger partial charge in [-0.05, 0) is 54.6 Å². The highest BCUT2D eigenvalue weighted by Crippen LogP contribution is 2.34. The molecule has 1 aliphatic rings. The normalized spacial score (nSPS) is 12.1. The van der Waals surface area contributed by atoms with Crippen molar-refractivity contribution in [2.24, 2.45) is 0 Å². The number of aromatic nitrogens is 3. The number of nitrogens with zero attached hydrogens (tertiary/aromatic N) is 4. The molecule has 1 aliphatic heterocycles. The number of carbonyl (C=O) groups is 2. The minimum atomic E-state index is -0.146. The molecule has 0 aliphatic carbocycles. The molecule has 180 valence electrons. The van der Waals surface area contributed by atoms with Gasteiger partial charge in [-0.2, -0.15) is 0 Å². The molecule has 5 rings (SSSR count). The van der Waals surface area contributed by atoms with Gasteiger partial charge in [-0.25, -0.2) is 9.97 Å². The van der Waals surface area contributed by atoms with Crippen LogP contribution in [0.4, 0.5) is 17.3 Å². The monoisotopic (exact) mass is 498 g/mol. The van der Waals surface area contributed by atoms with Crippen LogP contribution in [0.5, 0.6) is 0 Å². The van der Waals surface area contributed by atoms with Crippen molar-refractivity contribution in [3.8, 4) is 11.3 Å². The lowest BCUT2D eigenvalue weighted by Gasteiger charge is -2.17. The molecule has 2 amide bonds. The van der Waals surface area contributed by atoms with E-state index in [2.05, 4.69) is 25.6 Å². The SMILES string of the molecule is CN(CCc1ccccn1)C(=O)c1ccc(Nc2ncc3c(n2)-c2ccc(Cl)cc2NC(=O)C3)cc1. The largest absolute Gasteiger partial charge is 0.341 e. The van der Waals surface area contributed by atoms with Gasteiger partial charge < -0.3 is 15.5 Å². The van der Waals surface area contributed by atoms with E-state index in [1.165, 1.54) is 0 Å². The number of fused-ring (bicyclic) bond motifs is 3. The van der Waals surface area contributed by atoms with E-state index >= 15 is 0 Å². The Bertz CT molecular complexity index is 1430. The molecule has 0 fully saturated rings. The predicted octanol–water partition coefficient (Wildman–Crippen LogP) is 4.74. The minimum Gasteiger partial charge on any atom is -0.341 e. The Kier molecular flexibility index (Phi) is 6.60. The van der Waals surface area contributed by atoms with Crippen molar-refractivity contribution in [2.45, 2.75) is 12.8 Å². The lowest BCUT2D eigenvalue weighted by molar-refractivity contribution is -0.115. The minimum absolute atomic E-state index is 0.0637. The molecule has 0 bridgehead atoms. The van der Waals surface area contributed by atoms with E-state index in [4.69, 9.17) is 11.6 Å². The number of carbonyl (C=O) groups excluding carboxylic acids is 2. The third kappa shape index (κ3) is 5.18. The molecule has 2 aromatic heterocycles. The Labute approximate surface area is 213 Å². The Morgan fingerprint density at radius 3 is 2.72 bits per heavy atom. The summed E-state index contributed by atoms with van der Waals surface area (Å²) in [7, 11) is 1.78. The van der Waals surface area contributed by atoms with Gasteiger partial charge >= 0.3 is 0 Å². The summed E-state index contributed by atoms with van der Waals surface area (Å²) in [5, 5.41) is 6.59. The van der Waals surface area contributed by atoms with E-state index in [1.54, 1.807) is 48.6 Å². The number of halogens is 1. The van der Waals surface area contributed by atoms with Gasteiger partial charge in [-0.1, -0.05) is 17.7 Å². The molecule has 0 saturated carbocycles. The first-order valence-corrected chi connectivity index (χ1v) is 11.8. The molecule has 0 atom stereocenters. The van der Waals surface area contributed by atoms with Crippen molar-refractivity contribution < 1.29 is 9.59 Å². The van der Waals surface area contributed by atoms with Gasteiger partial charge in [-0.3, -0.25) is 14.6 Å². The Balaban J connectivity index is 1.30. The molecule has 4 aromatic rings. The molecule has 36 heavy (non-hydrogen) atoms. The average molecular weight is 499 g/mol. The third-order valence-electron chi connectivity index (χ3n) is 5.89. The number of nitrogens with one attached hydrogen (secondary N) is 2. The number of pyridine rings is 1. The predicted molar refractivity (Wildman–Crippen MR) is 139 cm³/mol. The summed E-state index contributed by atoms with van der Waals surface area (Å²) in [6, 6.07) is 18.2. The standard InChI is InChI=1S/C27H23ClN6O2/c1-34(13-11-20-4-2-3-12-29-20)26(36)17-5-8-21(9-6-17)31-27-30-16-18-14-24(35)32-23-15-19(28)7-10-22(23)25(18)33-27/h2-10,12,15-16H,11,13-14H2,1H3,(H,32,35)(H,30,31,33). The Morgan fingerprint density at radius 2 is 1.94 bits per heavy atom. The number of rotatable bonds is 6. The van der Waals surface area contributed by atoms with Gasteiger partial charge in [-0.15, -0.1) is 0 Å². The highest BCUT2D eigenvalue weighted by atomic mass is 35.5. The lowest BCUT2D eigenvalue weighted by atomic mass is 10.1. The van der Waals surface area contributed by atoms with Gasteiger partial charge in [0.1, 0.15) is 0 Å². The van der Waals surface area contributed by atoms with Crippen molar-refractivity contribution in [3.05, 3.63) is 94.9 Å². The number of likely N-dealkylation sites (N-methyl/N-ethyl adjacent to an activating group) is 1. The van der Waals surface area contributed by atoms with Gasteiger partial charge in [0, 0.05) is 65.5 Å². The van der Waals surface area contributed by atoms with Crippen LogP contribution in [0.1, 0.15) is 21.6 Å². The van der Waals surface area contributed by atoms with Crippen molar-refractivity contribution in [1.29, 1.82) is 0 Å². The molecule has 0 radical (unpaired) electrons. The van der Waals surface area contributed by atoms with Gasteiger partial charge in [0.25, 0.3) is 5.91 Å². The van der Waals surface area contributed by atoms with Gasteiger partial charge in [0.15, 0.2) is 0 Å². The average Bonchev–Trinajstić information content (AvgIpc) is 3.02. The van der Waals surface area contributed by atoms with Gasteiger partial charge in [0.05, 0.1) is 17.8 Å². The second kappa shape index (κ2) is 10.1. The molecule has 3 heterocycles. The third-order valence-corrected chi connectivity index (χ3v) is 6.13. The van der Waals surface area contributed by atoms with Crippen molar-refractivity contribution >= 4 is 40.7 Å². The van der Waals surface area contributed by atoms with E-state index in [0.717, 1.165) is 22.5 Å². The quantitative estimate of drug-likeness (QED) is 0.398. The molecule has 2 N–H and O–H groups in total.